The van der Waals surface area contributed by atoms with Crippen molar-refractivity contribution in [1.82, 2.24) is 9.47 Å². The molecule has 0 spiro atoms. The van der Waals surface area contributed by atoms with Gasteiger partial charge in [0.15, 0.2) is 5.17 Å². The van der Waals surface area contributed by atoms with Gasteiger partial charge >= 0.3 is 0 Å². The number of rotatable bonds is 6. The second-order valence-corrected chi connectivity index (χ2v) is 9.77. The van der Waals surface area contributed by atoms with Crippen LogP contribution in [0.4, 0.5) is 0 Å². The highest BCUT2D eigenvalue weighted by Crippen LogP contribution is 2.33. The number of nitrogens with one attached hydrogen (secondary N) is 1. The van der Waals surface area contributed by atoms with Gasteiger partial charge in [0.05, 0.1) is 12.2 Å². The zero-order valence-electron chi connectivity index (χ0n) is 19.5. The molecule has 7 heteroatoms. The molecule has 2 aromatic carbocycles. The molecule has 1 aromatic heterocycles. The molecule has 3 heterocycles. The number of aromatic nitrogens is 1. The zero-order chi connectivity index (χ0) is 23.8. The van der Waals surface area contributed by atoms with Gasteiger partial charge in [-0.25, -0.2) is 0 Å². The number of hydrogen-bond acceptors (Lipinski definition) is 4. The monoisotopic (exact) mass is 470 g/mol. The van der Waals surface area contributed by atoms with E-state index in [0.29, 0.717) is 17.3 Å². The molecule has 6 nitrogen and oxygen atoms in total. The Bertz CT molecular complexity index is 1410. The first-order chi connectivity index (χ1) is 16.4. The Kier molecular flexibility index (Phi) is 5.87. The zero-order valence-corrected chi connectivity index (χ0v) is 20.3. The van der Waals surface area contributed by atoms with Crippen LogP contribution < -0.4 is 4.74 Å². The van der Waals surface area contributed by atoms with E-state index in [4.69, 9.17) is 10.1 Å². The summed E-state index contributed by atoms with van der Waals surface area (Å²) in [7, 11) is 0. The van der Waals surface area contributed by atoms with E-state index in [2.05, 4.69) is 41.6 Å². The van der Waals surface area contributed by atoms with E-state index in [1.54, 1.807) is 11.0 Å². The number of carbonyl (C=O) groups excluding carboxylic acids is 1. The molecule has 0 fully saturated rings. The van der Waals surface area contributed by atoms with Crippen LogP contribution >= 0.6 is 11.8 Å². The number of amidine groups is 2. The highest BCUT2D eigenvalue weighted by atomic mass is 32.2. The Balaban J connectivity index is 1.36. The molecular formula is C27H26N4O2S. The Labute approximate surface area is 203 Å². The van der Waals surface area contributed by atoms with Gasteiger partial charge in [0.2, 0.25) is 0 Å². The predicted molar refractivity (Wildman–Crippen MR) is 139 cm³/mol. The molecule has 1 N–H and O–H groups in total. The van der Waals surface area contributed by atoms with Crippen molar-refractivity contribution in [2.24, 2.45) is 4.99 Å². The lowest BCUT2D eigenvalue weighted by atomic mass is 10.1. The Morgan fingerprint density at radius 2 is 1.94 bits per heavy atom. The van der Waals surface area contributed by atoms with Crippen LogP contribution in [0.1, 0.15) is 30.0 Å². The number of benzene rings is 2. The SMILES string of the molecule is CC1=CN2C(=N)C(=Cc3cn(CCCOc4ccc(C)c(C)c4)c4ccccc34)C(=O)N=C2S1. The number of fused-ring (bicyclic) bond motifs is 2. The summed E-state index contributed by atoms with van der Waals surface area (Å²) in [5, 5.41) is 10.2. The summed E-state index contributed by atoms with van der Waals surface area (Å²) in [4.78, 5) is 19.6. The molecule has 172 valence electrons. The van der Waals surface area contributed by atoms with Gasteiger partial charge in [-0.3, -0.25) is 15.1 Å². The molecule has 34 heavy (non-hydrogen) atoms. The maximum Gasteiger partial charge on any atom is 0.283 e. The largest absolute Gasteiger partial charge is 0.494 e. The molecule has 0 unspecified atom stereocenters. The number of para-hydroxylation sites is 1. The van der Waals surface area contributed by atoms with E-state index in [1.807, 2.05) is 43.6 Å². The van der Waals surface area contributed by atoms with E-state index in [9.17, 15) is 4.79 Å². The molecule has 5 rings (SSSR count). The van der Waals surface area contributed by atoms with Crippen molar-refractivity contribution in [1.29, 1.82) is 5.41 Å². The van der Waals surface area contributed by atoms with Crippen LogP contribution in [0.25, 0.3) is 17.0 Å². The molecule has 0 aliphatic carbocycles. The Morgan fingerprint density at radius 3 is 2.76 bits per heavy atom. The molecule has 0 bridgehead atoms. The van der Waals surface area contributed by atoms with Gasteiger partial charge in [0.1, 0.15) is 11.6 Å². The normalized spacial score (nSPS) is 16.8. The number of carbonyl (C=O) groups is 1. The summed E-state index contributed by atoms with van der Waals surface area (Å²) < 4.78 is 8.14. The second kappa shape index (κ2) is 8.99. The van der Waals surface area contributed by atoms with Gasteiger partial charge < -0.3 is 9.30 Å². The summed E-state index contributed by atoms with van der Waals surface area (Å²) >= 11 is 1.42. The van der Waals surface area contributed by atoms with Crippen molar-refractivity contribution in [3.05, 3.63) is 82.0 Å². The first-order valence-electron chi connectivity index (χ1n) is 11.3. The molecule has 0 saturated carbocycles. The molecule has 2 aliphatic rings. The van der Waals surface area contributed by atoms with E-state index >= 15 is 0 Å². The minimum Gasteiger partial charge on any atom is -0.494 e. The minimum atomic E-state index is -0.370. The summed E-state index contributed by atoms with van der Waals surface area (Å²) in [6, 6.07) is 14.3. The number of ether oxygens (including phenoxy) is 1. The number of amides is 1. The summed E-state index contributed by atoms with van der Waals surface area (Å²) in [6.07, 6.45) is 6.54. The first kappa shape index (κ1) is 22.2. The predicted octanol–water partition coefficient (Wildman–Crippen LogP) is 5.89. The van der Waals surface area contributed by atoms with Gasteiger partial charge in [0, 0.05) is 40.3 Å². The summed E-state index contributed by atoms with van der Waals surface area (Å²) in [6.45, 7) is 7.53. The highest BCUT2D eigenvalue weighted by molar-refractivity contribution is 8.17. The van der Waals surface area contributed by atoms with Crippen LogP contribution in [0.5, 0.6) is 5.75 Å². The van der Waals surface area contributed by atoms with Crippen LogP contribution in [-0.4, -0.2) is 33.0 Å². The molecule has 2 aliphatic heterocycles. The topological polar surface area (TPSA) is 70.7 Å². The number of aryl methyl sites for hydroxylation is 3. The average molecular weight is 471 g/mol. The van der Waals surface area contributed by atoms with Crippen LogP contribution in [0.3, 0.4) is 0 Å². The van der Waals surface area contributed by atoms with E-state index in [0.717, 1.165) is 40.1 Å². The van der Waals surface area contributed by atoms with Crippen LogP contribution in [0.15, 0.2) is 70.3 Å². The van der Waals surface area contributed by atoms with Crippen molar-refractivity contribution >= 4 is 45.7 Å². The third kappa shape index (κ3) is 4.19. The summed E-state index contributed by atoms with van der Waals surface area (Å²) in [5.74, 6) is 0.688. The van der Waals surface area contributed by atoms with Crippen molar-refractivity contribution in [2.45, 2.75) is 33.7 Å². The van der Waals surface area contributed by atoms with Gasteiger partial charge in [-0.2, -0.15) is 4.99 Å². The van der Waals surface area contributed by atoms with Crippen molar-refractivity contribution in [2.75, 3.05) is 6.61 Å². The highest BCUT2D eigenvalue weighted by Gasteiger charge is 2.33. The van der Waals surface area contributed by atoms with Crippen LogP contribution in [0.2, 0.25) is 0 Å². The number of thioether (sulfide) groups is 1. The average Bonchev–Trinajstić information content (AvgIpc) is 3.36. The number of allylic oxidation sites excluding steroid dienone is 1. The Morgan fingerprint density at radius 1 is 1.12 bits per heavy atom. The fourth-order valence-corrected chi connectivity index (χ4v) is 4.98. The maximum absolute atomic E-state index is 12.7. The van der Waals surface area contributed by atoms with Gasteiger partial charge in [-0.1, -0.05) is 36.0 Å². The quantitative estimate of drug-likeness (QED) is 0.360. The molecule has 3 aromatic rings. The molecule has 0 radical (unpaired) electrons. The lowest BCUT2D eigenvalue weighted by Crippen LogP contribution is -2.35. The molecule has 0 saturated heterocycles. The summed E-state index contributed by atoms with van der Waals surface area (Å²) in [5.41, 5.74) is 4.78. The van der Waals surface area contributed by atoms with Gasteiger partial charge in [-0.15, -0.1) is 0 Å². The van der Waals surface area contributed by atoms with Crippen molar-refractivity contribution in [3.8, 4) is 5.75 Å². The maximum atomic E-state index is 12.7. The number of aliphatic imine (C=N–C) groups is 1. The molecular weight excluding hydrogens is 444 g/mol. The van der Waals surface area contributed by atoms with Crippen LogP contribution in [-0.2, 0) is 11.3 Å². The third-order valence-electron chi connectivity index (χ3n) is 6.10. The van der Waals surface area contributed by atoms with Crippen molar-refractivity contribution < 1.29 is 9.53 Å². The molecule has 1 amide bonds. The number of hydrogen-bond donors (Lipinski definition) is 1. The van der Waals surface area contributed by atoms with Crippen molar-refractivity contribution in [3.63, 3.8) is 0 Å². The Hall–Kier alpha value is -3.58. The van der Waals surface area contributed by atoms with Gasteiger partial charge in [-0.05, 0) is 62.6 Å². The van der Waals surface area contributed by atoms with E-state index < -0.39 is 0 Å². The smallest absolute Gasteiger partial charge is 0.283 e. The fraction of sp³-hybridized carbons (Fsp3) is 0.222. The first-order valence-corrected chi connectivity index (χ1v) is 12.1. The second-order valence-electron chi connectivity index (χ2n) is 8.56. The van der Waals surface area contributed by atoms with Gasteiger partial charge in [0.25, 0.3) is 5.91 Å². The minimum absolute atomic E-state index is 0.165. The third-order valence-corrected chi connectivity index (χ3v) is 7.00. The number of nitrogens with zero attached hydrogens (tertiary/aromatic N) is 3. The molecule has 0 atom stereocenters. The standard InChI is InChI=1S/C27H26N4O2S/c1-17-9-10-21(13-18(17)2)33-12-6-11-30-16-20(22-7-4-5-8-24(22)30)14-23-25(28)31-15-19(3)34-27(31)29-26(23)32/h4-5,7-10,13-16,28H,6,11-12H2,1-3H3. The fourth-order valence-electron chi connectivity index (χ4n) is 4.16. The van der Waals surface area contributed by atoms with Crippen LogP contribution in [0, 0.1) is 19.3 Å². The van der Waals surface area contributed by atoms with E-state index in [-0.39, 0.29) is 11.7 Å². The lowest BCUT2D eigenvalue weighted by Gasteiger charge is -2.22. The van der Waals surface area contributed by atoms with E-state index in [1.165, 1.54) is 22.9 Å². The lowest BCUT2D eigenvalue weighted by molar-refractivity contribution is -0.114.